The van der Waals surface area contributed by atoms with E-state index in [1.165, 1.54) is 24.1 Å². The van der Waals surface area contributed by atoms with Crippen LogP contribution < -0.4 is 5.73 Å². The van der Waals surface area contributed by atoms with Gasteiger partial charge >= 0.3 is 6.18 Å². The Morgan fingerprint density at radius 1 is 1.38 bits per heavy atom. The molecule has 0 aliphatic carbocycles. The van der Waals surface area contributed by atoms with Crippen LogP contribution in [-0.2, 0) is 10.9 Å². The fraction of sp³-hybridized carbons (Fsp3) is 0.500. The molecule has 1 rings (SSSR count). The summed E-state index contributed by atoms with van der Waals surface area (Å²) >= 11 is 0. The third-order valence-corrected chi connectivity index (χ3v) is 2.87. The van der Waals surface area contributed by atoms with E-state index in [1.807, 2.05) is 13.8 Å². The monoisotopic (exact) mass is 304 g/mol. The van der Waals surface area contributed by atoms with Gasteiger partial charge in [-0.2, -0.15) is 13.2 Å². The summed E-state index contributed by atoms with van der Waals surface area (Å²) < 4.78 is 43.6. The van der Waals surface area contributed by atoms with Gasteiger partial charge in [0, 0.05) is 13.6 Å². The number of nitrogens with zero attached hydrogens (tertiary/aromatic N) is 1. The number of para-hydroxylation sites is 1. The summed E-state index contributed by atoms with van der Waals surface area (Å²) in [6, 6.07) is 3.31. The summed E-state index contributed by atoms with van der Waals surface area (Å²) in [6.07, 6.45) is -4.56. The number of likely N-dealkylation sites (N-methyl/N-ethyl adjacent to an activating group) is 1. The second-order valence-electron chi connectivity index (χ2n) is 4.91. The van der Waals surface area contributed by atoms with Gasteiger partial charge in [-0.1, -0.05) is 6.07 Å². The first-order chi connectivity index (χ1) is 9.64. The van der Waals surface area contributed by atoms with Crippen molar-refractivity contribution in [2.75, 3.05) is 25.9 Å². The SMILES string of the molecule is CC(C)OCCN(C)C(=O)c1cccc(C(F)(F)F)c1N. The number of rotatable bonds is 5. The Morgan fingerprint density at radius 3 is 2.52 bits per heavy atom. The topological polar surface area (TPSA) is 55.6 Å². The molecule has 2 N–H and O–H groups in total. The van der Waals surface area contributed by atoms with E-state index >= 15 is 0 Å². The molecule has 0 radical (unpaired) electrons. The standard InChI is InChI=1S/C14H19F3N2O2/c1-9(2)21-8-7-19(3)13(20)10-5-4-6-11(12(10)18)14(15,16)17/h4-6,9H,7-8,18H2,1-3H3. The minimum Gasteiger partial charge on any atom is -0.398 e. The average Bonchev–Trinajstić information content (AvgIpc) is 2.36. The van der Waals surface area contributed by atoms with Crippen LogP contribution in [0, 0.1) is 0 Å². The van der Waals surface area contributed by atoms with Gasteiger partial charge in [-0.05, 0) is 26.0 Å². The number of halogens is 3. The average molecular weight is 304 g/mol. The van der Waals surface area contributed by atoms with E-state index in [9.17, 15) is 18.0 Å². The fourth-order valence-electron chi connectivity index (χ4n) is 1.73. The number of nitrogens with two attached hydrogens (primary N) is 1. The van der Waals surface area contributed by atoms with Crippen molar-refractivity contribution in [3.05, 3.63) is 29.3 Å². The van der Waals surface area contributed by atoms with Crippen LogP contribution in [0.25, 0.3) is 0 Å². The van der Waals surface area contributed by atoms with Crippen molar-refractivity contribution in [3.63, 3.8) is 0 Å². The van der Waals surface area contributed by atoms with Crippen molar-refractivity contribution >= 4 is 11.6 Å². The van der Waals surface area contributed by atoms with Gasteiger partial charge in [-0.25, -0.2) is 0 Å². The molecule has 1 aromatic rings. The van der Waals surface area contributed by atoms with Gasteiger partial charge < -0.3 is 15.4 Å². The van der Waals surface area contributed by atoms with Crippen LogP contribution in [0.15, 0.2) is 18.2 Å². The number of carbonyl (C=O) groups excluding carboxylic acids is 1. The van der Waals surface area contributed by atoms with Crippen molar-refractivity contribution < 1.29 is 22.7 Å². The molecule has 0 saturated heterocycles. The molecule has 1 aromatic carbocycles. The van der Waals surface area contributed by atoms with Crippen molar-refractivity contribution in [3.8, 4) is 0 Å². The van der Waals surface area contributed by atoms with E-state index in [4.69, 9.17) is 10.5 Å². The van der Waals surface area contributed by atoms with Crippen LogP contribution in [0.5, 0.6) is 0 Å². The van der Waals surface area contributed by atoms with Gasteiger partial charge in [0.05, 0.1) is 29.5 Å². The van der Waals surface area contributed by atoms with Crippen molar-refractivity contribution in [1.82, 2.24) is 4.90 Å². The number of hydrogen-bond acceptors (Lipinski definition) is 3. The second kappa shape index (κ2) is 6.80. The lowest BCUT2D eigenvalue weighted by Crippen LogP contribution is -2.31. The normalized spacial score (nSPS) is 11.8. The predicted octanol–water partition coefficient (Wildman–Crippen LogP) is 2.78. The lowest BCUT2D eigenvalue weighted by atomic mass is 10.1. The lowest BCUT2D eigenvalue weighted by molar-refractivity contribution is -0.136. The molecule has 7 heteroatoms. The molecule has 0 unspecified atom stereocenters. The molecular formula is C14H19F3N2O2. The number of hydrogen-bond donors (Lipinski definition) is 1. The summed E-state index contributed by atoms with van der Waals surface area (Å²) in [7, 11) is 1.49. The van der Waals surface area contributed by atoms with Crippen LogP contribution >= 0.6 is 0 Å². The van der Waals surface area contributed by atoms with Gasteiger partial charge in [0.1, 0.15) is 0 Å². The third kappa shape index (κ3) is 4.63. The molecule has 1 amide bonds. The number of benzene rings is 1. The summed E-state index contributed by atoms with van der Waals surface area (Å²) in [5.41, 5.74) is 3.78. The number of anilines is 1. The highest BCUT2D eigenvalue weighted by Crippen LogP contribution is 2.35. The summed E-state index contributed by atoms with van der Waals surface area (Å²) in [5.74, 6) is -0.564. The van der Waals surface area contributed by atoms with Crippen LogP contribution in [0.2, 0.25) is 0 Å². The number of carbonyl (C=O) groups is 1. The van der Waals surface area contributed by atoms with Crippen molar-refractivity contribution in [2.45, 2.75) is 26.1 Å². The summed E-state index contributed by atoms with van der Waals surface area (Å²) in [4.78, 5) is 13.4. The van der Waals surface area contributed by atoms with Crippen LogP contribution in [0.1, 0.15) is 29.8 Å². The summed E-state index contributed by atoms with van der Waals surface area (Å²) in [6.45, 7) is 4.28. The van der Waals surface area contributed by atoms with E-state index in [0.717, 1.165) is 6.07 Å². The third-order valence-electron chi connectivity index (χ3n) is 2.87. The molecule has 0 fully saturated rings. The molecule has 0 bridgehead atoms. The highest BCUT2D eigenvalue weighted by atomic mass is 19.4. The molecule has 4 nitrogen and oxygen atoms in total. The van der Waals surface area contributed by atoms with Crippen molar-refractivity contribution in [1.29, 1.82) is 0 Å². The maximum atomic E-state index is 12.8. The molecule has 0 aliphatic heterocycles. The van der Waals surface area contributed by atoms with Gasteiger partial charge in [-0.3, -0.25) is 4.79 Å². The number of amides is 1. The predicted molar refractivity (Wildman–Crippen MR) is 73.9 cm³/mol. The van der Waals surface area contributed by atoms with Crippen LogP contribution in [-0.4, -0.2) is 37.1 Å². The Bertz CT molecular complexity index is 501. The Balaban J connectivity index is 2.88. The Morgan fingerprint density at radius 2 is 2.00 bits per heavy atom. The molecule has 21 heavy (non-hydrogen) atoms. The lowest BCUT2D eigenvalue weighted by Gasteiger charge is -2.20. The second-order valence-corrected chi connectivity index (χ2v) is 4.91. The zero-order chi connectivity index (χ0) is 16.2. The molecular weight excluding hydrogens is 285 g/mol. The van der Waals surface area contributed by atoms with Gasteiger partial charge in [0.2, 0.25) is 0 Å². The van der Waals surface area contributed by atoms with Crippen LogP contribution in [0.4, 0.5) is 18.9 Å². The van der Waals surface area contributed by atoms with E-state index in [0.29, 0.717) is 6.61 Å². The highest BCUT2D eigenvalue weighted by Gasteiger charge is 2.34. The van der Waals surface area contributed by atoms with E-state index in [1.54, 1.807) is 0 Å². The maximum absolute atomic E-state index is 12.8. The first-order valence-corrected chi connectivity index (χ1v) is 6.47. The van der Waals surface area contributed by atoms with Gasteiger partial charge in [0.25, 0.3) is 5.91 Å². The van der Waals surface area contributed by atoms with E-state index in [2.05, 4.69) is 0 Å². The molecule has 0 atom stereocenters. The van der Waals surface area contributed by atoms with Crippen molar-refractivity contribution in [2.24, 2.45) is 0 Å². The number of ether oxygens (including phenoxy) is 1. The number of nitrogen functional groups attached to an aromatic ring is 1. The molecule has 118 valence electrons. The maximum Gasteiger partial charge on any atom is 0.418 e. The first-order valence-electron chi connectivity index (χ1n) is 6.47. The molecule has 0 heterocycles. The quantitative estimate of drug-likeness (QED) is 0.851. The smallest absolute Gasteiger partial charge is 0.398 e. The first kappa shape index (κ1) is 17.3. The van der Waals surface area contributed by atoms with Gasteiger partial charge in [0.15, 0.2) is 0 Å². The van der Waals surface area contributed by atoms with Gasteiger partial charge in [-0.15, -0.1) is 0 Å². The minimum atomic E-state index is -4.58. The number of alkyl halides is 3. The largest absolute Gasteiger partial charge is 0.418 e. The molecule has 0 aromatic heterocycles. The minimum absolute atomic E-state index is 0.0205. The van der Waals surface area contributed by atoms with E-state index < -0.39 is 23.3 Å². The Hall–Kier alpha value is -1.76. The Labute approximate surface area is 121 Å². The highest BCUT2D eigenvalue weighted by molar-refractivity contribution is 5.99. The van der Waals surface area contributed by atoms with Crippen LogP contribution in [0.3, 0.4) is 0 Å². The summed E-state index contributed by atoms with van der Waals surface area (Å²) in [5, 5.41) is 0. The molecule has 0 spiro atoms. The zero-order valence-corrected chi connectivity index (χ0v) is 12.2. The zero-order valence-electron chi connectivity index (χ0n) is 12.2. The van der Waals surface area contributed by atoms with E-state index in [-0.39, 0.29) is 18.2 Å². The Kier molecular flexibility index (Phi) is 5.60. The molecule has 0 saturated carbocycles. The molecule has 0 aliphatic rings. The fourth-order valence-corrected chi connectivity index (χ4v) is 1.73.